The standard InChI is InChI=1S/C27H26Cl3N3O3/c1-17(2)27(35)33-12-10-32(11-13-33)26-22(30)4-3-5-23(26)31-25(34)9-7-21-6-8-24(36-21)18-14-19(28)16-20(29)15-18/h3-9,14-17H,10-13H2,1-2H3,(H,31,34)/b9-7+. The van der Waals surface area contributed by atoms with Crippen molar-refractivity contribution in [3.05, 3.63) is 75.4 Å². The molecule has 0 saturated carbocycles. The first-order valence-electron chi connectivity index (χ1n) is 11.6. The van der Waals surface area contributed by atoms with E-state index in [9.17, 15) is 9.59 Å². The lowest BCUT2D eigenvalue weighted by Crippen LogP contribution is -2.50. The fourth-order valence-corrected chi connectivity index (χ4v) is 4.90. The van der Waals surface area contributed by atoms with Crippen LogP contribution in [0.15, 0.2) is 59.0 Å². The predicted molar refractivity (Wildman–Crippen MR) is 147 cm³/mol. The summed E-state index contributed by atoms with van der Waals surface area (Å²) in [7, 11) is 0. The Kier molecular flexibility index (Phi) is 8.29. The zero-order valence-corrected chi connectivity index (χ0v) is 22.2. The van der Waals surface area contributed by atoms with Crippen LogP contribution in [0.4, 0.5) is 11.4 Å². The molecule has 2 aromatic carbocycles. The molecule has 0 aliphatic carbocycles. The molecule has 36 heavy (non-hydrogen) atoms. The van der Waals surface area contributed by atoms with Crippen LogP contribution < -0.4 is 10.2 Å². The van der Waals surface area contributed by atoms with Crippen LogP contribution >= 0.6 is 34.8 Å². The molecule has 1 N–H and O–H groups in total. The SMILES string of the molecule is CC(C)C(=O)N1CCN(c2c(Cl)cccc2NC(=O)/C=C/c2ccc(-c3cc(Cl)cc(Cl)c3)o2)CC1. The third-order valence-electron chi connectivity index (χ3n) is 5.82. The van der Waals surface area contributed by atoms with Crippen LogP contribution in [0.3, 0.4) is 0 Å². The van der Waals surface area contributed by atoms with Gasteiger partial charge in [-0.05, 0) is 48.5 Å². The van der Waals surface area contributed by atoms with E-state index in [1.165, 1.54) is 6.08 Å². The summed E-state index contributed by atoms with van der Waals surface area (Å²) in [5, 5.41) is 4.47. The van der Waals surface area contributed by atoms with Crippen molar-refractivity contribution in [1.29, 1.82) is 0 Å². The fraction of sp³-hybridized carbons (Fsp3) is 0.259. The number of anilines is 2. The lowest BCUT2D eigenvalue weighted by atomic mass is 10.1. The van der Waals surface area contributed by atoms with Crippen molar-refractivity contribution in [3.63, 3.8) is 0 Å². The second-order valence-electron chi connectivity index (χ2n) is 8.79. The Labute approximate surface area is 225 Å². The highest BCUT2D eigenvalue weighted by Crippen LogP contribution is 2.35. The van der Waals surface area contributed by atoms with E-state index in [0.29, 0.717) is 58.5 Å². The van der Waals surface area contributed by atoms with Crippen LogP contribution in [-0.4, -0.2) is 42.9 Å². The summed E-state index contributed by atoms with van der Waals surface area (Å²) in [6.45, 7) is 6.27. The molecule has 0 bridgehead atoms. The molecule has 0 unspecified atom stereocenters. The molecular weight excluding hydrogens is 521 g/mol. The Bertz CT molecular complexity index is 1270. The van der Waals surface area contributed by atoms with Gasteiger partial charge in [-0.3, -0.25) is 9.59 Å². The lowest BCUT2D eigenvalue weighted by Gasteiger charge is -2.38. The number of rotatable bonds is 6. The summed E-state index contributed by atoms with van der Waals surface area (Å²) in [5.41, 5.74) is 2.10. The van der Waals surface area contributed by atoms with Gasteiger partial charge in [0, 0.05) is 53.8 Å². The van der Waals surface area contributed by atoms with Gasteiger partial charge in [-0.25, -0.2) is 0 Å². The van der Waals surface area contributed by atoms with Crippen molar-refractivity contribution >= 4 is 64.1 Å². The number of piperazine rings is 1. The Hall–Kier alpha value is -2.93. The summed E-state index contributed by atoms with van der Waals surface area (Å²) < 4.78 is 5.82. The lowest BCUT2D eigenvalue weighted by molar-refractivity contribution is -0.134. The molecule has 1 aliphatic heterocycles. The second-order valence-corrected chi connectivity index (χ2v) is 10.1. The van der Waals surface area contributed by atoms with Crippen molar-refractivity contribution in [1.82, 2.24) is 4.90 Å². The third kappa shape index (κ3) is 6.25. The highest BCUT2D eigenvalue weighted by Gasteiger charge is 2.25. The van der Waals surface area contributed by atoms with E-state index in [2.05, 4.69) is 10.2 Å². The van der Waals surface area contributed by atoms with Gasteiger partial charge in [-0.2, -0.15) is 0 Å². The number of furan rings is 1. The van der Waals surface area contributed by atoms with E-state index >= 15 is 0 Å². The number of benzene rings is 2. The van der Waals surface area contributed by atoms with Crippen molar-refractivity contribution in [3.8, 4) is 11.3 Å². The molecule has 4 rings (SSSR count). The van der Waals surface area contributed by atoms with E-state index in [1.807, 2.05) is 24.8 Å². The Morgan fingerprint density at radius 2 is 1.67 bits per heavy atom. The number of nitrogens with zero attached hydrogens (tertiary/aromatic N) is 2. The van der Waals surface area contributed by atoms with Gasteiger partial charge in [0.2, 0.25) is 11.8 Å². The smallest absolute Gasteiger partial charge is 0.248 e. The highest BCUT2D eigenvalue weighted by atomic mass is 35.5. The molecule has 1 aliphatic rings. The number of carbonyl (C=O) groups excluding carboxylic acids is 2. The zero-order chi connectivity index (χ0) is 25.8. The molecule has 2 heterocycles. The summed E-state index contributed by atoms with van der Waals surface area (Å²) in [4.78, 5) is 29.0. The van der Waals surface area contributed by atoms with Gasteiger partial charge >= 0.3 is 0 Å². The number of hydrogen-bond acceptors (Lipinski definition) is 4. The van der Waals surface area contributed by atoms with E-state index in [4.69, 9.17) is 39.2 Å². The Morgan fingerprint density at radius 1 is 0.972 bits per heavy atom. The first-order chi connectivity index (χ1) is 17.2. The summed E-state index contributed by atoms with van der Waals surface area (Å²) >= 11 is 18.7. The van der Waals surface area contributed by atoms with E-state index in [0.717, 1.165) is 11.3 Å². The topological polar surface area (TPSA) is 65.8 Å². The van der Waals surface area contributed by atoms with Crippen LogP contribution in [-0.2, 0) is 9.59 Å². The summed E-state index contributed by atoms with van der Waals surface area (Å²) in [6, 6.07) is 14.1. The van der Waals surface area contributed by atoms with Crippen LogP contribution in [0.2, 0.25) is 15.1 Å². The molecule has 3 aromatic rings. The molecule has 1 fully saturated rings. The molecule has 0 radical (unpaired) electrons. The maximum absolute atomic E-state index is 12.7. The van der Waals surface area contributed by atoms with Gasteiger partial charge < -0.3 is 19.5 Å². The number of para-hydroxylation sites is 1. The van der Waals surface area contributed by atoms with Gasteiger partial charge in [-0.15, -0.1) is 0 Å². The minimum Gasteiger partial charge on any atom is -0.457 e. The van der Waals surface area contributed by atoms with Crippen LogP contribution in [0.1, 0.15) is 19.6 Å². The molecule has 1 saturated heterocycles. The number of halogens is 3. The normalized spacial score (nSPS) is 14.1. The third-order valence-corrected chi connectivity index (χ3v) is 6.56. The second kappa shape index (κ2) is 11.4. The molecule has 0 spiro atoms. The first kappa shape index (κ1) is 26.1. The number of carbonyl (C=O) groups is 2. The van der Waals surface area contributed by atoms with Gasteiger partial charge in [-0.1, -0.05) is 54.7 Å². The maximum Gasteiger partial charge on any atom is 0.248 e. The predicted octanol–water partition coefficient (Wildman–Crippen LogP) is 6.86. The molecule has 1 aromatic heterocycles. The molecule has 9 heteroatoms. The summed E-state index contributed by atoms with van der Waals surface area (Å²) in [6.07, 6.45) is 2.99. The van der Waals surface area contributed by atoms with E-state index < -0.39 is 0 Å². The monoisotopic (exact) mass is 545 g/mol. The van der Waals surface area contributed by atoms with E-state index in [-0.39, 0.29) is 17.7 Å². The molecular formula is C27H26Cl3N3O3. The number of nitrogens with one attached hydrogen (secondary N) is 1. The van der Waals surface area contributed by atoms with Crippen molar-refractivity contribution in [2.45, 2.75) is 13.8 Å². The summed E-state index contributed by atoms with van der Waals surface area (Å²) in [5.74, 6) is 0.884. The van der Waals surface area contributed by atoms with Crippen LogP contribution in [0.25, 0.3) is 17.4 Å². The van der Waals surface area contributed by atoms with Crippen LogP contribution in [0, 0.1) is 5.92 Å². The molecule has 2 amide bonds. The van der Waals surface area contributed by atoms with Crippen molar-refractivity contribution < 1.29 is 14.0 Å². The zero-order valence-electron chi connectivity index (χ0n) is 19.9. The number of hydrogen-bond donors (Lipinski definition) is 1. The largest absolute Gasteiger partial charge is 0.457 e. The van der Waals surface area contributed by atoms with Gasteiger partial charge in [0.15, 0.2) is 0 Å². The first-order valence-corrected chi connectivity index (χ1v) is 12.7. The van der Waals surface area contributed by atoms with Gasteiger partial charge in [0.05, 0.1) is 16.4 Å². The van der Waals surface area contributed by atoms with Crippen LogP contribution in [0.5, 0.6) is 0 Å². The highest BCUT2D eigenvalue weighted by molar-refractivity contribution is 6.35. The average Bonchev–Trinajstić information content (AvgIpc) is 3.31. The van der Waals surface area contributed by atoms with Gasteiger partial charge in [0.25, 0.3) is 0 Å². The average molecular weight is 547 g/mol. The number of amides is 2. The van der Waals surface area contributed by atoms with Crippen molar-refractivity contribution in [2.24, 2.45) is 5.92 Å². The Morgan fingerprint density at radius 3 is 2.33 bits per heavy atom. The quantitative estimate of drug-likeness (QED) is 0.343. The van der Waals surface area contributed by atoms with Crippen molar-refractivity contribution in [2.75, 3.05) is 36.4 Å². The minimum atomic E-state index is -0.323. The molecule has 6 nitrogen and oxygen atoms in total. The Balaban J connectivity index is 1.44. The maximum atomic E-state index is 12.7. The molecule has 188 valence electrons. The molecule has 0 atom stereocenters. The van der Waals surface area contributed by atoms with E-state index in [1.54, 1.807) is 48.5 Å². The minimum absolute atomic E-state index is 0.0352. The van der Waals surface area contributed by atoms with Gasteiger partial charge in [0.1, 0.15) is 11.5 Å². The fourth-order valence-electron chi connectivity index (χ4n) is 4.08.